The van der Waals surface area contributed by atoms with E-state index in [0.717, 1.165) is 0 Å². The van der Waals surface area contributed by atoms with E-state index in [1.54, 1.807) is 26.0 Å². The van der Waals surface area contributed by atoms with Crippen molar-refractivity contribution < 1.29 is 18.3 Å². The number of halogens is 1. The van der Waals surface area contributed by atoms with Crippen molar-refractivity contribution in [1.29, 1.82) is 0 Å². The lowest BCUT2D eigenvalue weighted by atomic mass is 10.2. The van der Waals surface area contributed by atoms with Crippen LogP contribution in [0.5, 0.6) is 0 Å². The van der Waals surface area contributed by atoms with Crippen LogP contribution in [0.25, 0.3) is 0 Å². The molecule has 0 aromatic heterocycles. The second-order valence-electron chi connectivity index (χ2n) is 4.23. The van der Waals surface area contributed by atoms with Gasteiger partial charge in [-0.15, -0.1) is 0 Å². The second-order valence-corrected chi connectivity index (χ2v) is 6.83. The van der Waals surface area contributed by atoms with Crippen molar-refractivity contribution in [2.45, 2.75) is 37.6 Å². The Morgan fingerprint density at radius 2 is 2.11 bits per heavy atom. The Hall–Kier alpha value is -0.920. The summed E-state index contributed by atoms with van der Waals surface area (Å²) >= 11 is 3.23. The van der Waals surface area contributed by atoms with Gasteiger partial charge in [0.05, 0.1) is 11.3 Å². The molecule has 0 saturated carbocycles. The summed E-state index contributed by atoms with van der Waals surface area (Å²) in [7, 11) is -3.71. The highest BCUT2D eigenvalue weighted by molar-refractivity contribution is 9.10. The van der Waals surface area contributed by atoms with E-state index in [0.29, 0.717) is 16.5 Å². The van der Waals surface area contributed by atoms with E-state index >= 15 is 0 Å². The van der Waals surface area contributed by atoms with E-state index in [1.165, 1.54) is 6.07 Å². The molecule has 0 fully saturated rings. The number of carboxylic acids is 1. The van der Waals surface area contributed by atoms with Gasteiger partial charge in [0.1, 0.15) is 0 Å². The highest BCUT2D eigenvalue weighted by Crippen LogP contribution is 2.21. The van der Waals surface area contributed by atoms with Crippen molar-refractivity contribution in [3.05, 3.63) is 28.2 Å². The average Bonchev–Trinajstić information content (AvgIpc) is 2.30. The summed E-state index contributed by atoms with van der Waals surface area (Å²) in [6, 6.07) is 4.34. The topological polar surface area (TPSA) is 83.5 Å². The molecule has 1 unspecified atom stereocenters. The first-order valence-electron chi connectivity index (χ1n) is 5.76. The van der Waals surface area contributed by atoms with Crippen LogP contribution in [0.4, 0.5) is 0 Å². The number of rotatable bonds is 6. The number of hydrogen-bond acceptors (Lipinski definition) is 3. The van der Waals surface area contributed by atoms with E-state index < -0.39 is 22.0 Å². The SMILES string of the molecule is CCC(CC(=O)O)NS(=O)(=O)c1cc(Br)ccc1C. The van der Waals surface area contributed by atoms with E-state index in [2.05, 4.69) is 20.7 Å². The maximum Gasteiger partial charge on any atom is 0.304 e. The molecule has 0 aliphatic heterocycles. The van der Waals surface area contributed by atoms with Gasteiger partial charge in [-0.25, -0.2) is 13.1 Å². The molecule has 1 aromatic rings. The van der Waals surface area contributed by atoms with Crippen LogP contribution >= 0.6 is 15.9 Å². The predicted octanol–water partition coefficient (Wildman–Crippen LogP) is 2.29. The van der Waals surface area contributed by atoms with Crippen molar-refractivity contribution >= 4 is 31.9 Å². The minimum absolute atomic E-state index is 0.158. The lowest BCUT2D eigenvalue weighted by molar-refractivity contribution is -0.137. The fraction of sp³-hybridized carbons (Fsp3) is 0.417. The molecule has 1 aromatic carbocycles. The number of carbonyl (C=O) groups is 1. The lowest BCUT2D eigenvalue weighted by Crippen LogP contribution is -2.36. The fourth-order valence-electron chi connectivity index (χ4n) is 1.63. The van der Waals surface area contributed by atoms with Gasteiger partial charge < -0.3 is 5.11 Å². The van der Waals surface area contributed by atoms with Gasteiger partial charge >= 0.3 is 5.97 Å². The van der Waals surface area contributed by atoms with Crippen molar-refractivity contribution in [3.8, 4) is 0 Å². The molecular weight excluding hydrogens is 334 g/mol. The summed E-state index contributed by atoms with van der Waals surface area (Å²) < 4.78 is 27.5. The Morgan fingerprint density at radius 1 is 1.47 bits per heavy atom. The van der Waals surface area contributed by atoms with Gasteiger partial charge in [0.15, 0.2) is 0 Å². The lowest BCUT2D eigenvalue weighted by Gasteiger charge is -2.16. The van der Waals surface area contributed by atoms with Crippen LogP contribution in [0.2, 0.25) is 0 Å². The number of sulfonamides is 1. The minimum Gasteiger partial charge on any atom is -0.481 e. The molecule has 1 rings (SSSR count). The summed E-state index contributed by atoms with van der Waals surface area (Å²) in [4.78, 5) is 10.8. The Morgan fingerprint density at radius 3 is 2.63 bits per heavy atom. The minimum atomic E-state index is -3.71. The molecular formula is C12H16BrNO4S. The van der Waals surface area contributed by atoms with Gasteiger partial charge in [-0.3, -0.25) is 4.79 Å². The number of benzene rings is 1. The summed E-state index contributed by atoms with van der Waals surface area (Å²) in [5.41, 5.74) is 0.612. The molecule has 0 saturated heterocycles. The maximum atomic E-state index is 12.2. The zero-order valence-electron chi connectivity index (χ0n) is 10.7. The van der Waals surface area contributed by atoms with Crippen LogP contribution in [-0.4, -0.2) is 25.5 Å². The van der Waals surface area contributed by atoms with E-state index in [1.807, 2.05) is 0 Å². The highest BCUT2D eigenvalue weighted by Gasteiger charge is 2.22. The average molecular weight is 350 g/mol. The van der Waals surface area contributed by atoms with Gasteiger partial charge in [0.25, 0.3) is 0 Å². The molecule has 106 valence electrons. The Balaban J connectivity index is 3.03. The number of aryl methyl sites for hydroxylation is 1. The number of aliphatic carboxylic acids is 1. The van der Waals surface area contributed by atoms with Crippen molar-refractivity contribution in [2.24, 2.45) is 0 Å². The second kappa shape index (κ2) is 6.49. The molecule has 0 aliphatic carbocycles. The van der Waals surface area contributed by atoms with Crippen LogP contribution in [-0.2, 0) is 14.8 Å². The Kier molecular flexibility index (Phi) is 5.51. The molecule has 19 heavy (non-hydrogen) atoms. The standard InChI is InChI=1S/C12H16BrNO4S/c1-3-10(7-12(15)16)14-19(17,18)11-6-9(13)5-4-8(11)2/h4-6,10,14H,3,7H2,1-2H3,(H,15,16). The molecule has 0 aliphatic rings. The van der Waals surface area contributed by atoms with E-state index in [4.69, 9.17) is 5.11 Å². The molecule has 1 atom stereocenters. The summed E-state index contributed by atoms with van der Waals surface area (Å²) in [5, 5.41) is 8.74. The molecule has 7 heteroatoms. The van der Waals surface area contributed by atoms with Crippen molar-refractivity contribution in [2.75, 3.05) is 0 Å². The monoisotopic (exact) mass is 349 g/mol. The van der Waals surface area contributed by atoms with Gasteiger partial charge in [0, 0.05) is 10.5 Å². The van der Waals surface area contributed by atoms with Gasteiger partial charge in [-0.05, 0) is 31.0 Å². The molecule has 0 bridgehead atoms. The first-order valence-corrected chi connectivity index (χ1v) is 8.04. The first-order chi connectivity index (χ1) is 8.76. The van der Waals surface area contributed by atoms with Crippen LogP contribution in [0, 0.1) is 6.92 Å². The van der Waals surface area contributed by atoms with Crippen LogP contribution < -0.4 is 4.72 Å². The summed E-state index contributed by atoms with van der Waals surface area (Å²) in [6.45, 7) is 3.43. The zero-order chi connectivity index (χ0) is 14.6. The zero-order valence-corrected chi connectivity index (χ0v) is 13.1. The number of carboxylic acid groups (broad SMARTS) is 1. The molecule has 2 N–H and O–H groups in total. The third kappa shape index (κ3) is 4.59. The molecule has 5 nitrogen and oxygen atoms in total. The normalized spacial score (nSPS) is 13.2. The smallest absolute Gasteiger partial charge is 0.304 e. The third-order valence-electron chi connectivity index (χ3n) is 2.68. The largest absolute Gasteiger partial charge is 0.481 e. The van der Waals surface area contributed by atoms with Crippen molar-refractivity contribution in [1.82, 2.24) is 4.72 Å². The number of hydrogen-bond donors (Lipinski definition) is 2. The fourth-order valence-corrected chi connectivity index (χ4v) is 3.73. The predicted molar refractivity (Wildman–Crippen MR) is 75.5 cm³/mol. The quantitative estimate of drug-likeness (QED) is 0.825. The first kappa shape index (κ1) is 16.1. The van der Waals surface area contributed by atoms with Crippen LogP contribution in [0.3, 0.4) is 0 Å². The van der Waals surface area contributed by atoms with Crippen molar-refractivity contribution in [3.63, 3.8) is 0 Å². The summed E-state index contributed by atoms with van der Waals surface area (Å²) in [5.74, 6) is -1.03. The van der Waals surface area contributed by atoms with E-state index in [9.17, 15) is 13.2 Å². The molecule has 0 heterocycles. The Bertz CT molecular complexity index is 571. The molecule has 0 amide bonds. The van der Waals surface area contributed by atoms with E-state index in [-0.39, 0.29) is 11.3 Å². The molecule has 0 radical (unpaired) electrons. The summed E-state index contributed by atoms with van der Waals surface area (Å²) in [6.07, 6.45) is 0.182. The van der Waals surface area contributed by atoms with Crippen LogP contribution in [0.15, 0.2) is 27.6 Å². The highest BCUT2D eigenvalue weighted by atomic mass is 79.9. The van der Waals surface area contributed by atoms with Crippen LogP contribution in [0.1, 0.15) is 25.3 Å². The number of nitrogens with one attached hydrogen (secondary N) is 1. The van der Waals surface area contributed by atoms with Gasteiger partial charge in [0.2, 0.25) is 10.0 Å². The van der Waals surface area contributed by atoms with Gasteiger partial charge in [-0.1, -0.05) is 28.9 Å². The Labute approximate surface area is 121 Å². The maximum absolute atomic E-state index is 12.2. The molecule has 0 spiro atoms. The third-order valence-corrected chi connectivity index (χ3v) is 4.83. The van der Waals surface area contributed by atoms with Gasteiger partial charge in [-0.2, -0.15) is 0 Å².